The van der Waals surface area contributed by atoms with Crippen LogP contribution in [0.3, 0.4) is 0 Å². The lowest BCUT2D eigenvalue weighted by Crippen LogP contribution is -2.43. The molecular weight excluding hydrogens is 376 g/mol. The van der Waals surface area contributed by atoms with Crippen molar-refractivity contribution in [2.75, 3.05) is 42.7 Å². The summed E-state index contributed by atoms with van der Waals surface area (Å²) in [7, 11) is -3.36. The molecule has 140 valence electrons. The number of pyridine rings is 1. The Balaban J connectivity index is 0.00000243. The molecule has 2 aromatic rings. The fourth-order valence-electron chi connectivity index (χ4n) is 2.63. The van der Waals surface area contributed by atoms with Crippen LogP contribution in [-0.2, 0) is 9.84 Å². The Morgan fingerprint density at radius 2 is 1.92 bits per heavy atom. The average molecular weight is 397 g/mol. The Labute approximate surface area is 159 Å². The normalized spacial score (nSPS) is 14.4. The van der Waals surface area contributed by atoms with Crippen molar-refractivity contribution in [3.05, 3.63) is 48.2 Å². The maximum Gasteiger partial charge on any atom is 0.256 e. The van der Waals surface area contributed by atoms with Gasteiger partial charge < -0.3 is 15.5 Å². The van der Waals surface area contributed by atoms with E-state index in [-0.39, 0.29) is 22.9 Å². The van der Waals surface area contributed by atoms with Crippen LogP contribution in [0.15, 0.2) is 47.5 Å². The van der Waals surface area contributed by atoms with Crippen LogP contribution >= 0.6 is 12.4 Å². The van der Waals surface area contributed by atoms with Gasteiger partial charge in [0.2, 0.25) is 0 Å². The Hall–Kier alpha value is -2.16. The molecule has 1 saturated heterocycles. The smallest absolute Gasteiger partial charge is 0.256 e. The molecule has 1 aliphatic heterocycles. The molecule has 0 unspecified atom stereocenters. The van der Waals surface area contributed by atoms with Gasteiger partial charge in [-0.2, -0.15) is 0 Å². The van der Waals surface area contributed by atoms with Crippen LogP contribution in [-0.4, -0.2) is 51.7 Å². The van der Waals surface area contributed by atoms with Crippen molar-refractivity contribution in [2.45, 2.75) is 4.90 Å². The molecule has 26 heavy (non-hydrogen) atoms. The summed E-state index contributed by atoms with van der Waals surface area (Å²) in [5.74, 6) is 0.0292. The summed E-state index contributed by atoms with van der Waals surface area (Å²) in [6.45, 7) is 3.72. The maximum absolute atomic E-state index is 12.3. The number of carbonyl (C=O) groups is 1. The summed E-state index contributed by atoms with van der Waals surface area (Å²) >= 11 is 0. The third-order valence-corrected chi connectivity index (χ3v) is 5.11. The van der Waals surface area contributed by atoms with Crippen molar-refractivity contribution < 1.29 is 13.2 Å². The summed E-state index contributed by atoms with van der Waals surface area (Å²) in [6.07, 6.45) is 2.84. The number of rotatable bonds is 4. The lowest BCUT2D eigenvalue weighted by Gasteiger charge is -2.29. The quantitative estimate of drug-likeness (QED) is 0.815. The molecule has 2 heterocycles. The fraction of sp³-hybridized carbons (Fsp3) is 0.294. The number of amides is 1. The average Bonchev–Trinajstić information content (AvgIpc) is 2.62. The van der Waals surface area contributed by atoms with Gasteiger partial charge in [-0.3, -0.25) is 4.79 Å². The number of benzene rings is 1. The molecule has 1 amide bonds. The van der Waals surface area contributed by atoms with Gasteiger partial charge in [0.25, 0.3) is 5.91 Å². The number of nitrogens with zero attached hydrogens (tertiary/aromatic N) is 2. The molecule has 0 saturated carbocycles. The third kappa shape index (κ3) is 4.94. The number of halogens is 1. The van der Waals surface area contributed by atoms with Gasteiger partial charge in [0.15, 0.2) is 9.84 Å². The number of anilines is 2. The molecule has 0 radical (unpaired) electrons. The molecule has 0 bridgehead atoms. The van der Waals surface area contributed by atoms with E-state index in [1.807, 2.05) is 6.07 Å². The monoisotopic (exact) mass is 396 g/mol. The lowest BCUT2D eigenvalue weighted by atomic mass is 10.2. The SMILES string of the molecule is CS(=O)(=O)c1cccc(C(=O)Nc2ccc(N3CCNCC3)cn2)c1.Cl. The first-order chi connectivity index (χ1) is 11.9. The predicted octanol–water partition coefficient (Wildman–Crippen LogP) is 1.57. The number of sulfone groups is 1. The molecule has 0 aliphatic carbocycles. The summed E-state index contributed by atoms with van der Waals surface area (Å²) in [6, 6.07) is 9.61. The van der Waals surface area contributed by atoms with Gasteiger partial charge in [-0.05, 0) is 30.3 Å². The number of hydrogen-bond donors (Lipinski definition) is 2. The Bertz CT molecular complexity index is 866. The molecule has 0 atom stereocenters. The van der Waals surface area contributed by atoms with Gasteiger partial charge in [-0.25, -0.2) is 13.4 Å². The van der Waals surface area contributed by atoms with Gasteiger partial charge in [-0.1, -0.05) is 6.07 Å². The third-order valence-electron chi connectivity index (χ3n) is 4.00. The zero-order valence-corrected chi connectivity index (χ0v) is 15.9. The largest absolute Gasteiger partial charge is 0.368 e. The molecule has 1 aromatic carbocycles. The number of aromatic nitrogens is 1. The summed E-state index contributed by atoms with van der Waals surface area (Å²) in [5.41, 5.74) is 1.29. The van der Waals surface area contributed by atoms with E-state index in [1.54, 1.807) is 24.4 Å². The Morgan fingerprint density at radius 1 is 1.19 bits per heavy atom. The van der Waals surface area contributed by atoms with E-state index in [1.165, 1.54) is 12.1 Å². The van der Waals surface area contributed by atoms with E-state index in [4.69, 9.17) is 0 Å². The number of piperazine rings is 1. The molecule has 7 nitrogen and oxygen atoms in total. The highest BCUT2D eigenvalue weighted by molar-refractivity contribution is 7.90. The fourth-order valence-corrected chi connectivity index (χ4v) is 3.29. The maximum atomic E-state index is 12.3. The first kappa shape index (κ1) is 20.2. The molecule has 1 aromatic heterocycles. The van der Waals surface area contributed by atoms with Crippen LogP contribution in [0.2, 0.25) is 0 Å². The minimum atomic E-state index is -3.36. The van der Waals surface area contributed by atoms with Crippen molar-refractivity contribution in [3.63, 3.8) is 0 Å². The summed E-state index contributed by atoms with van der Waals surface area (Å²) < 4.78 is 23.2. The second kappa shape index (κ2) is 8.48. The van der Waals surface area contributed by atoms with Crippen molar-refractivity contribution in [3.8, 4) is 0 Å². The molecule has 1 fully saturated rings. The molecular formula is C17H21ClN4O3S. The lowest BCUT2D eigenvalue weighted by molar-refractivity contribution is 0.102. The number of nitrogens with one attached hydrogen (secondary N) is 2. The van der Waals surface area contributed by atoms with Gasteiger partial charge in [0.1, 0.15) is 5.82 Å². The van der Waals surface area contributed by atoms with Gasteiger partial charge in [0.05, 0.1) is 16.8 Å². The summed E-state index contributed by atoms with van der Waals surface area (Å²) in [4.78, 5) is 18.9. The Kier molecular flexibility index (Phi) is 6.57. The van der Waals surface area contributed by atoms with Crippen LogP contribution in [0.25, 0.3) is 0 Å². The van der Waals surface area contributed by atoms with E-state index < -0.39 is 15.7 Å². The molecule has 3 rings (SSSR count). The topological polar surface area (TPSA) is 91.4 Å². The molecule has 9 heteroatoms. The van der Waals surface area contributed by atoms with Crippen molar-refractivity contribution in [1.29, 1.82) is 0 Å². The van der Waals surface area contributed by atoms with Crippen LogP contribution in [0.5, 0.6) is 0 Å². The first-order valence-electron chi connectivity index (χ1n) is 7.97. The van der Waals surface area contributed by atoms with E-state index in [2.05, 4.69) is 20.5 Å². The predicted molar refractivity (Wildman–Crippen MR) is 104 cm³/mol. The first-order valence-corrected chi connectivity index (χ1v) is 9.86. The van der Waals surface area contributed by atoms with Gasteiger partial charge >= 0.3 is 0 Å². The van der Waals surface area contributed by atoms with Gasteiger partial charge in [0, 0.05) is 38.0 Å². The highest BCUT2D eigenvalue weighted by Gasteiger charge is 2.13. The second-order valence-electron chi connectivity index (χ2n) is 5.89. The summed E-state index contributed by atoms with van der Waals surface area (Å²) in [5, 5.41) is 5.98. The highest BCUT2D eigenvalue weighted by atomic mass is 35.5. The van der Waals surface area contributed by atoms with Gasteiger partial charge in [-0.15, -0.1) is 12.4 Å². The number of carbonyl (C=O) groups excluding carboxylic acids is 1. The van der Waals surface area contributed by atoms with Crippen LogP contribution in [0.1, 0.15) is 10.4 Å². The van der Waals surface area contributed by atoms with E-state index in [0.717, 1.165) is 38.1 Å². The second-order valence-corrected chi connectivity index (χ2v) is 7.91. The molecule has 0 spiro atoms. The zero-order valence-electron chi connectivity index (χ0n) is 14.3. The van der Waals surface area contributed by atoms with Crippen molar-refractivity contribution in [1.82, 2.24) is 10.3 Å². The molecule has 1 aliphatic rings. The van der Waals surface area contributed by atoms with Crippen molar-refractivity contribution >= 4 is 39.7 Å². The van der Waals surface area contributed by atoms with Crippen LogP contribution in [0.4, 0.5) is 11.5 Å². The van der Waals surface area contributed by atoms with E-state index >= 15 is 0 Å². The zero-order chi connectivity index (χ0) is 17.9. The van der Waals surface area contributed by atoms with E-state index in [9.17, 15) is 13.2 Å². The minimum absolute atomic E-state index is 0. The molecule has 2 N–H and O–H groups in total. The number of hydrogen-bond acceptors (Lipinski definition) is 6. The minimum Gasteiger partial charge on any atom is -0.368 e. The Morgan fingerprint density at radius 3 is 2.54 bits per heavy atom. The van der Waals surface area contributed by atoms with Crippen LogP contribution in [0, 0.1) is 0 Å². The van der Waals surface area contributed by atoms with Crippen molar-refractivity contribution in [2.24, 2.45) is 0 Å². The highest BCUT2D eigenvalue weighted by Crippen LogP contribution is 2.17. The van der Waals surface area contributed by atoms with E-state index in [0.29, 0.717) is 5.82 Å². The standard InChI is InChI=1S/C17H20N4O3S.ClH/c1-25(23,24)15-4-2-3-13(11-15)17(22)20-16-6-5-14(12-19-16)21-9-7-18-8-10-21;/h2-6,11-12,18H,7-10H2,1H3,(H,19,20,22);1H. The van der Waals surface area contributed by atoms with Crippen LogP contribution < -0.4 is 15.5 Å².